The molecule has 1 unspecified atom stereocenters. The number of aliphatic imine (C=N–C) groups is 1. The van der Waals surface area contributed by atoms with Crippen LogP contribution in [-0.2, 0) is 19.7 Å². The first-order valence-electron chi connectivity index (χ1n) is 7.02. The maximum Gasteiger partial charge on any atom is 0.191 e. The molecule has 0 aliphatic heterocycles. The molecule has 0 saturated carbocycles. The zero-order chi connectivity index (χ0) is 16.5. The van der Waals surface area contributed by atoms with Gasteiger partial charge in [0.15, 0.2) is 15.8 Å². The predicted molar refractivity (Wildman–Crippen MR) is 103 cm³/mol. The van der Waals surface area contributed by atoms with Crippen molar-refractivity contribution in [3.8, 4) is 0 Å². The van der Waals surface area contributed by atoms with Crippen LogP contribution in [0, 0.1) is 0 Å². The average Bonchev–Trinajstić information content (AvgIpc) is 2.35. The van der Waals surface area contributed by atoms with E-state index in [1.54, 1.807) is 6.92 Å². The second kappa shape index (κ2) is 11.4. The molecular weight excluding hydrogens is 441 g/mol. The third-order valence-electron chi connectivity index (χ3n) is 2.76. The summed E-state index contributed by atoms with van der Waals surface area (Å²) in [4.78, 5) is 4.20. The SMILES string of the molecule is CCNC(=NCCS(=O)(=O)CC)NC(C)CCS(C)(=O)=O.I. The van der Waals surface area contributed by atoms with Crippen molar-refractivity contribution in [3.63, 3.8) is 0 Å². The van der Waals surface area contributed by atoms with Gasteiger partial charge in [-0.1, -0.05) is 6.92 Å². The number of guanidine groups is 1. The second-order valence-electron chi connectivity index (χ2n) is 4.96. The van der Waals surface area contributed by atoms with Crippen molar-refractivity contribution in [1.82, 2.24) is 10.6 Å². The lowest BCUT2D eigenvalue weighted by atomic mass is 10.3. The van der Waals surface area contributed by atoms with E-state index in [2.05, 4.69) is 15.6 Å². The van der Waals surface area contributed by atoms with Gasteiger partial charge in [-0.25, -0.2) is 16.8 Å². The van der Waals surface area contributed by atoms with Crippen LogP contribution in [0.1, 0.15) is 27.2 Å². The van der Waals surface area contributed by atoms with Crippen molar-refractivity contribution >= 4 is 49.6 Å². The summed E-state index contributed by atoms with van der Waals surface area (Å²) in [7, 11) is -6.02. The van der Waals surface area contributed by atoms with Gasteiger partial charge in [0.2, 0.25) is 0 Å². The topological polar surface area (TPSA) is 105 Å². The van der Waals surface area contributed by atoms with Crippen LogP contribution in [0.5, 0.6) is 0 Å². The first kappa shape index (κ1) is 24.2. The Balaban J connectivity index is 0. The molecule has 0 radical (unpaired) electrons. The Morgan fingerprint density at radius 2 is 1.73 bits per heavy atom. The fourth-order valence-corrected chi connectivity index (χ4v) is 2.90. The Morgan fingerprint density at radius 3 is 2.18 bits per heavy atom. The number of sulfone groups is 2. The van der Waals surface area contributed by atoms with E-state index in [0.29, 0.717) is 18.9 Å². The minimum Gasteiger partial charge on any atom is -0.357 e. The molecule has 0 heterocycles. The van der Waals surface area contributed by atoms with Gasteiger partial charge in [-0.2, -0.15) is 0 Å². The zero-order valence-electron chi connectivity index (χ0n) is 13.6. The number of rotatable bonds is 9. The first-order valence-corrected chi connectivity index (χ1v) is 10.9. The van der Waals surface area contributed by atoms with Crippen LogP contribution in [-0.4, -0.2) is 65.4 Å². The van der Waals surface area contributed by atoms with Crippen molar-refractivity contribution in [2.75, 3.05) is 36.6 Å². The van der Waals surface area contributed by atoms with E-state index in [4.69, 9.17) is 0 Å². The van der Waals surface area contributed by atoms with Gasteiger partial charge < -0.3 is 10.6 Å². The molecule has 0 aromatic rings. The number of hydrogen-bond acceptors (Lipinski definition) is 5. The largest absolute Gasteiger partial charge is 0.357 e. The maximum atomic E-state index is 11.4. The molecule has 0 aliphatic carbocycles. The third-order valence-corrected chi connectivity index (χ3v) is 5.42. The quantitative estimate of drug-likeness (QED) is 0.288. The fraction of sp³-hybridized carbons (Fsp3) is 0.917. The molecule has 0 aromatic heterocycles. The van der Waals surface area contributed by atoms with Gasteiger partial charge in [0.25, 0.3) is 0 Å². The maximum absolute atomic E-state index is 11.4. The van der Waals surface area contributed by atoms with Gasteiger partial charge in [-0.3, -0.25) is 4.99 Å². The highest BCUT2D eigenvalue weighted by molar-refractivity contribution is 14.0. The number of nitrogens with zero attached hydrogens (tertiary/aromatic N) is 1. The summed E-state index contributed by atoms with van der Waals surface area (Å²) in [6.07, 6.45) is 1.67. The van der Waals surface area contributed by atoms with Crippen molar-refractivity contribution < 1.29 is 16.8 Å². The highest BCUT2D eigenvalue weighted by Gasteiger charge is 2.10. The van der Waals surface area contributed by atoms with E-state index in [1.165, 1.54) is 6.26 Å². The zero-order valence-corrected chi connectivity index (χ0v) is 17.6. The summed E-state index contributed by atoms with van der Waals surface area (Å²) in [5.41, 5.74) is 0. The molecule has 7 nitrogen and oxygen atoms in total. The molecule has 0 aliphatic rings. The Bertz CT molecular complexity index is 533. The van der Waals surface area contributed by atoms with E-state index in [9.17, 15) is 16.8 Å². The first-order chi connectivity index (χ1) is 9.59. The van der Waals surface area contributed by atoms with Crippen LogP contribution in [0.3, 0.4) is 0 Å². The number of hydrogen-bond donors (Lipinski definition) is 2. The summed E-state index contributed by atoms with van der Waals surface area (Å²) in [5.74, 6) is 0.727. The lowest BCUT2D eigenvalue weighted by Gasteiger charge is -2.17. The van der Waals surface area contributed by atoms with Gasteiger partial charge in [0.1, 0.15) is 9.84 Å². The van der Waals surface area contributed by atoms with Crippen LogP contribution < -0.4 is 10.6 Å². The molecular formula is C12H28IN3O4S2. The molecule has 0 rings (SSSR count). The van der Waals surface area contributed by atoms with Gasteiger partial charge in [-0.05, 0) is 20.3 Å². The molecule has 0 bridgehead atoms. The Hall–Kier alpha value is -0.100. The van der Waals surface area contributed by atoms with E-state index in [1.807, 2.05) is 13.8 Å². The molecule has 0 fully saturated rings. The van der Waals surface area contributed by atoms with Crippen molar-refractivity contribution in [2.45, 2.75) is 33.2 Å². The molecule has 2 N–H and O–H groups in total. The summed E-state index contributed by atoms with van der Waals surface area (Å²) in [6, 6.07) is -0.0692. The second-order valence-corrected chi connectivity index (χ2v) is 9.69. The lowest BCUT2D eigenvalue weighted by molar-refractivity contribution is 0.580. The molecule has 0 saturated heterocycles. The molecule has 0 spiro atoms. The van der Waals surface area contributed by atoms with Crippen molar-refractivity contribution in [2.24, 2.45) is 4.99 Å². The summed E-state index contributed by atoms with van der Waals surface area (Å²) in [6.45, 7) is 6.20. The Kier molecular flexibility index (Phi) is 12.6. The normalized spacial score (nSPS) is 14.1. The highest BCUT2D eigenvalue weighted by Crippen LogP contribution is 1.96. The molecule has 10 heteroatoms. The molecule has 134 valence electrons. The van der Waals surface area contributed by atoms with Crippen LogP contribution in [0.15, 0.2) is 4.99 Å². The molecule has 1 atom stereocenters. The summed E-state index contributed by atoms with van der Waals surface area (Å²) >= 11 is 0. The van der Waals surface area contributed by atoms with Crippen molar-refractivity contribution in [3.05, 3.63) is 0 Å². The average molecular weight is 469 g/mol. The Labute approximate surface area is 151 Å². The van der Waals surface area contributed by atoms with Crippen LogP contribution in [0.25, 0.3) is 0 Å². The molecule has 0 aromatic carbocycles. The minimum absolute atomic E-state index is 0. The van der Waals surface area contributed by atoms with Gasteiger partial charge in [0.05, 0.1) is 18.1 Å². The van der Waals surface area contributed by atoms with E-state index >= 15 is 0 Å². The van der Waals surface area contributed by atoms with E-state index in [0.717, 1.165) is 0 Å². The monoisotopic (exact) mass is 469 g/mol. The summed E-state index contributed by atoms with van der Waals surface area (Å²) < 4.78 is 45.0. The molecule has 22 heavy (non-hydrogen) atoms. The van der Waals surface area contributed by atoms with Gasteiger partial charge >= 0.3 is 0 Å². The predicted octanol–water partition coefficient (Wildman–Crippen LogP) is 0.417. The van der Waals surface area contributed by atoms with Gasteiger partial charge in [0, 0.05) is 24.6 Å². The third kappa shape index (κ3) is 13.6. The van der Waals surface area contributed by atoms with E-state index in [-0.39, 0.29) is 53.8 Å². The number of halogens is 1. The standard InChI is InChI=1S/C12H27N3O4S2.HI/c1-5-13-12(14-8-10-21(18,19)6-2)15-11(3)7-9-20(4,16)17;/h11H,5-10H2,1-4H3,(H2,13,14,15);1H. The van der Waals surface area contributed by atoms with Crippen LogP contribution in [0.4, 0.5) is 0 Å². The van der Waals surface area contributed by atoms with Crippen LogP contribution in [0.2, 0.25) is 0 Å². The Morgan fingerprint density at radius 1 is 1.14 bits per heavy atom. The minimum atomic E-state index is -3.03. The smallest absolute Gasteiger partial charge is 0.191 e. The van der Waals surface area contributed by atoms with E-state index < -0.39 is 19.7 Å². The van der Waals surface area contributed by atoms with Crippen LogP contribution >= 0.6 is 24.0 Å². The fourth-order valence-electron chi connectivity index (χ4n) is 1.46. The van der Waals surface area contributed by atoms with Gasteiger partial charge in [-0.15, -0.1) is 24.0 Å². The molecule has 0 amide bonds. The lowest BCUT2D eigenvalue weighted by Crippen LogP contribution is -2.43. The highest BCUT2D eigenvalue weighted by atomic mass is 127. The summed E-state index contributed by atoms with van der Waals surface area (Å²) in [5, 5.41) is 6.08. The number of nitrogens with one attached hydrogen (secondary N) is 2. The van der Waals surface area contributed by atoms with Crippen molar-refractivity contribution in [1.29, 1.82) is 0 Å².